The molecular weight excluding hydrogens is 262 g/mol. The van der Waals surface area contributed by atoms with Crippen LogP contribution >= 0.6 is 11.6 Å². The molecule has 0 saturated carbocycles. The first-order valence-corrected chi connectivity index (χ1v) is 6.49. The maximum Gasteiger partial charge on any atom is 0.149 e. The molecule has 1 aromatic heterocycles. The molecule has 5 heteroatoms. The minimum absolute atomic E-state index is 0.145. The molecule has 2 aromatic rings. The first-order chi connectivity index (χ1) is 9.15. The van der Waals surface area contributed by atoms with Gasteiger partial charge in [-0.1, -0.05) is 41.9 Å². The number of aromatic nitrogens is 2. The second kappa shape index (κ2) is 6.50. The summed E-state index contributed by atoms with van der Waals surface area (Å²) in [7, 11) is 0. The molecule has 0 bridgehead atoms. The second-order valence-corrected chi connectivity index (χ2v) is 4.80. The van der Waals surface area contributed by atoms with Gasteiger partial charge in [-0.25, -0.2) is 4.98 Å². The maximum atomic E-state index is 10.2. The van der Waals surface area contributed by atoms with Crippen molar-refractivity contribution in [1.29, 1.82) is 0 Å². The van der Waals surface area contributed by atoms with Crippen LogP contribution in [-0.2, 0) is 6.42 Å². The van der Waals surface area contributed by atoms with Gasteiger partial charge in [0.25, 0.3) is 0 Å². The van der Waals surface area contributed by atoms with Gasteiger partial charge in [-0.05, 0) is 12.5 Å². The molecule has 0 aliphatic carbocycles. The Hall–Kier alpha value is -1.65. The first kappa shape index (κ1) is 13.8. The van der Waals surface area contributed by atoms with Gasteiger partial charge in [-0.3, -0.25) is 4.98 Å². The van der Waals surface area contributed by atoms with E-state index in [2.05, 4.69) is 15.3 Å². The third-order valence-corrected chi connectivity index (χ3v) is 3.03. The highest BCUT2D eigenvalue weighted by atomic mass is 35.5. The van der Waals surface area contributed by atoms with E-state index < -0.39 is 6.10 Å². The van der Waals surface area contributed by atoms with Crippen molar-refractivity contribution in [1.82, 2.24) is 9.97 Å². The molecule has 2 unspecified atom stereocenters. The molecular formula is C14H16ClN3O. The molecule has 0 fully saturated rings. The smallest absolute Gasteiger partial charge is 0.149 e. The molecule has 0 amide bonds. The van der Waals surface area contributed by atoms with Crippen LogP contribution in [0.15, 0.2) is 42.7 Å². The Morgan fingerprint density at radius 1 is 1.26 bits per heavy atom. The van der Waals surface area contributed by atoms with E-state index in [9.17, 15) is 5.11 Å². The Morgan fingerprint density at radius 3 is 2.68 bits per heavy atom. The molecule has 100 valence electrons. The van der Waals surface area contributed by atoms with Crippen molar-refractivity contribution in [2.24, 2.45) is 0 Å². The molecule has 0 aliphatic rings. The lowest BCUT2D eigenvalue weighted by Crippen LogP contribution is -2.32. The molecule has 2 N–H and O–H groups in total. The average molecular weight is 278 g/mol. The van der Waals surface area contributed by atoms with Crippen LogP contribution in [0.3, 0.4) is 0 Å². The summed E-state index contributed by atoms with van der Waals surface area (Å²) >= 11 is 5.76. The third-order valence-electron chi connectivity index (χ3n) is 2.85. The number of rotatable bonds is 5. The second-order valence-electron chi connectivity index (χ2n) is 4.42. The monoisotopic (exact) mass is 277 g/mol. The van der Waals surface area contributed by atoms with Gasteiger partial charge >= 0.3 is 0 Å². The Kier molecular flexibility index (Phi) is 4.71. The molecule has 2 atom stereocenters. The number of nitrogens with one attached hydrogen (secondary N) is 1. The standard InChI is InChI=1S/C14H16ClN3O/c1-10(17-14-9-16-8-13(15)18-14)12(19)7-11-5-3-2-4-6-11/h2-6,8-10,12,19H,7H2,1H3,(H,17,18). The van der Waals surface area contributed by atoms with E-state index in [1.54, 1.807) is 6.20 Å². The molecule has 4 nitrogen and oxygen atoms in total. The van der Waals surface area contributed by atoms with Crippen molar-refractivity contribution in [3.8, 4) is 0 Å². The number of halogens is 1. The summed E-state index contributed by atoms with van der Waals surface area (Å²) in [6.45, 7) is 1.90. The number of nitrogens with zero attached hydrogens (tertiary/aromatic N) is 2. The lowest BCUT2D eigenvalue weighted by Gasteiger charge is -2.20. The third kappa shape index (κ3) is 4.19. The quantitative estimate of drug-likeness (QED) is 0.882. The van der Waals surface area contributed by atoms with Crippen LogP contribution in [0.2, 0.25) is 5.15 Å². The predicted octanol–water partition coefficient (Wildman–Crippen LogP) is 2.53. The van der Waals surface area contributed by atoms with Crippen LogP contribution in [-0.4, -0.2) is 27.2 Å². The highest BCUT2D eigenvalue weighted by molar-refractivity contribution is 6.29. The summed E-state index contributed by atoms with van der Waals surface area (Å²) in [6, 6.07) is 9.72. The molecule has 1 heterocycles. The van der Waals surface area contributed by atoms with Crippen molar-refractivity contribution in [3.63, 3.8) is 0 Å². The molecule has 2 rings (SSSR count). The molecule has 0 radical (unpaired) electrons. The number of aliphatic hydroxyl groups excluding tert-OH is 1. The predicted molar refractivity (Wildman–Crippen MR) is 76.3 cm³/mol. The highest BCUT2D eigenvalue weighted by Crippen LogP contribution is 2.12. The average Bonchev–Trinajstić information content (AvgIpc) is 2.40. The number of hydrogen-bond acceptors (Lipinski definition) is 4. The van der Waals surface area contributed by atoms with Gasteiger partial charge in [-0.2, -0.15) is 0 Å². The van der Waals surface area contributed by atoms with E-state index >= 15 is 0 Å². The fourth-order valence-corrected chi connectivity index (χ4v) is 1.92. The first-order valence-electron chi connectivity index (χ1n) is 6.11. The van der Waals surface area contributed by atoms with E-state index in [0.29, 0.717) is 17.4 Å². The molecule has 19 heavy (non-hydrogen) atoms. The fraction of sp³-hybridized carbons (Fsp3) is 0.286. The van der Waals surface area contributed by atoms with Gasteiger partial charge in [0, 0.05) is 6.42 Å². The zero-order valence-corrected chi connectivity index (χ0v) is 11.4. The maximum absolute atomic E-state index is 10.2. The van der Waals surface area contributed by atoms with Crippen LogP contribution in [0.1, 0.15) is 12.5 Å². The minimum Gasteiger partial charge on any atom is -0.391 e. The van der Waals surface area contributed by atoms with Gasteiger partial charge < -0.3 is 10.4 Å². The van der Waals surface area contributed by atoms with Crippen LogP contribution in [0, 0.1) is 0 Å². The van der Waals surface area contributed by atoms with Gasteiger partial charge in [0.05, 0.1) is 24.5 Å². The summed E-state index contributed by atoms with van der Waals surface area (Å²) in [5.41, 5.74) is 1.10. The lowest BCUT2D eigenvalue weighted by atomic mass is 10.0. The Labute approximate surface area is 117 Å². The Morgan fingerprint density at radius 2 is 2.00 bits per heavy atom. The summed E-state index contributed by atoms with van der Waals surface area (Å²) in [5, 5.41) is 13.6. The van der Waals surface area contributed by atoms with Gasteiger partial charge in [0.15, 0.2) is 0 Å². The van der Waals surface area contributed by atoms with Crippen LogP contribution in [0.25, 0.3) is 0 Å². The zero-order valence-electron chi connectivity index (χ0n) is 10.6. The minimum atomic E-state index is -0.511. The van der Waals surface area contributed by atoms with Crippen molar-refractivity contribution in [2.45, 2.75) is 25.5 Å². The van der Waals surface area contributed by atoms with Crippen LogP contribution in [0.5, 0.6) is 0 Å². The number of anilines is 1. The Bertz CT molecular complexity index is 521. The van der Waals surface area contributed by atoms with E-state index in [1.807, 2.05) is 37.3 Å². The van der Waals surface area contributed by atoms with Crippen molar-refractivity contribution < 1.29 is 5.11 Å². The summed E-state index contributed by atoms with van der Waals surface area (Å²) in [6.07, 6.45) is 3.13. The normalized spacial score (nSPS) is 13.8. The topological polar surface area (TPSA) is 58.0 Å². The van der Waals surface area contributed by atoms with E-state index in [0.717, 1.165) is 5.56 Å². The fourth-order valence-electron chi connectivity index (χ4n) is 1.77. The summed E-state index contributed by atoms with van der Waals surface area (Å²) in [5.74, 6) is 0.562. The molecule has 1 aromatic carbocycles. The van der Waals surface area contributed by atoms with Crippen molar-refractivity contribution in [2.75, 3.05) is 5.32 Å². The van der Waals surface area contributed by atoms with Gasteiger partial charge in [-0.15, -0.1) is 0 Å². The van der Waals surface area contributed by atoms with Crippen LogP contribution in [0.4, 0.5) is 5.82 Å². The zero-order chi connectivity index (χ0) is 13.7. The lowest BCUT2D eigenvalue weighted by molar-refractivity contribution is 0.158. The Balaban J connectivity index is 1.94. The van der Waals surface area contributed by atoms with Gasteiger partial charge in [0.2, 0.25) is 0 Å². The molecule has 0 aliphatic heterocycles. The highest BCUT2D eigenvalue weighted by Gasteiger charge is 2.15. The van der Waals surface area contributed by atoms with Gasteiger partial charge in [0.1, 0.15) is 11.0 Å². The molecule has 0 saturated heterocycles. The van der Waals surface area contributed by atoms with E-state index in [4.69, 9.17) is 11.6 Å². The summed E-state index contributed by atoms with van der Waals surface area (Å²) < 4.78 is 0. The number of aliphatic hydroxyl groups is 1. The number of hydrogen-bond donors (Lipinski definition) is 2. The number of benzene rings is 1. The van der Waals surface area contributed by atoms with E-state index in [1.165, 1.54) is 6.20 Å². The van der Waals surface area contributed by atoms with Crippen molar-refractivity contribution in [3.05, 3.63) is 53.4 Å². The van der Waals surface area contributed by atoms with Crippen LogP contribution < -0.4 is 5.32 Å². The van der Waals surface area contributed by atoms with E-state index in [-0.39, 0.29) is 6.04 Å². The summed E-state index contributed by atoms with van der Waals surface area (Å²) in [4.78, 5) is 8.03. The molecule has 0 spiro atoms. The van der Waals surface area contributed by atoms with Crippen molar-refractivity contribution >= 4 is 17.4 Å². The SMILES string of the molecule is CC(Nc1cncc(Cl)n1)C(O)Cc1ccccc1. The largest absolute Gasteiger partial charge is 0.391 e.